The number of hydrogen-bond acceptors (Lipinski definition) is 2. The van der Waals surface area contributed by atoms with E-state index in [2.05, 4.69) is 6.92 Å². The first-order chi connectivity index (χ1) is 5.77. The summed E-state index contributed by atoms with van der Waals surface area (Å²) in [5, 5.41) is 0. The van der Waals surface area contributed by atoms with E-state index in [1.165, 1.54) is 25.7 Å². The normalized spacial score (nSPS) is 47.5. The average Bonchev–Trinajstić information content (AvgIpc) is 2.81. The first-order valence-electron chi connectivity index (χ1n) is 5.14. The van der Waals surface area contributed by atoms with Crippen LogP contribution in [0.25, 0.3) is 0 Å². The quantitative estimate of drug-likeness (QED) is 0.680. The molecule has 0 bridgehead atoms. The van der Waals surface area contributed by atoms with Crippen molar-refractivity contribution in [1.29, 1.82) is 0 Å². The van der Waals surface area contributed by atoms with Crippen molar-refractivity contribution in [2.75, 3.05) is 13.2 Å². The van der Waals surface area contributed by atoms with Gasteiger partial charge >= 0.3 is 0 Å². The predicted octanol–water partition coefficient (Wildman–Crippen LogP) is 1.54. The highest BCUT2D eigenvalue weighted by atomic mass is 16.5. The first-order valence-corrected chi connectivity index (χ1v) is 5.14. The zero-order valence-electron chi connectivity index (χ0n) is 7.88. The van der Waals surface area contributed by atoms with Crippen molar-refractivity contribution in [3.05, 3.63) is 0 Å². The second kappa shape index (κ2) is 3.00. The van der Waals surface area contributed by atoms with E-state index >= 15 is 0 Å². The minimum Gasteiger partial charge on any atom is -0.381 e. The van der Waals surface area contributed by atoms with Crippen molar-refractivity contribution < 1.29 is 4.74 Å². The SMILES string of the molecule is CCC1CC1(N)C1CCCOC1. The lowest BCUT2D eigenvalue weighted by Gasteiger charge is -2.28. The molecule has 2 fully saturated rings. The van der Waals surface area contributed by atoms with Gasteiger partial charge in [0.25, 0.3) is 0 Å². The van der Waals surface area contributed by atoms with Gasteiger partial charge in [-0.05, 0) is 25.2 Å². The van der Waals surface area contributed by atoms with Gasteiger partial charge in [0.05, 0.1) is 6.61 Å². The van der Waals surface area contributed by atoms with Gasteiger partial charge < -0.3 is 10.5 Å². The maximum absolute atomic E-state index is 6.30. The maximum Gasteiger partial charge on any atom is 0.0511 e. The molecule has 0 aromatic rings. The molecule has 2 heteroatoms. The van der Waals surface area contributed by atoms with Crippen LogP contribution < -0.4 is 5.73 Å². The van der Waals surface area contributed by atoms with Crippen LogP contribution in [-0.4, -0.2) is 18.8 Å². The van der Waals surface area contributed by atoms with Crippen molar-refractivity contribution in [1.82, 2.24) is 0 Å². The molecule has 1 heterocycles. The Bertz CT molecular complexity index is 165. The van der Waals surface area contributed by atoms with E-state index in [1.54, 1.807) is 0 Å². The summed E-state index contributed by atoms with van der Waals surface area (Å²) in [6.45, 7) is 4.10. The Labute approximate surface area is 74.5 Å². The molecule has 2 nitrogen and oxygen atoms in total. The molecule has 3 atom stereocenters. The Kier molecular flexibility index (Phi) is 2.13. The number of nitrogens with two attached hydrogens (primary N) is 1. The van der Waals surface area contributed by atoms with Crippen LogP contribution in [0.4, 0.5) is 0 Å². The van der Waals surface area contributed by atoms with Crippen LogP contribution in [0.2, 0.25) is 0 Å². The fraction of sp³-hybridized carbons (Fsp3) is 1.00. The van der Waals surface area contributed by atoms with Gasteiger partial charge in [-0.2, -0.15) is 0 Å². The summed E-state index contributed by atoms with van der Waals surface area (Å²) in [4.78, 5) is 0. The number of hydrogen-bond donors (Lipinski definition) is 1. The predicted molar refractivity (Wildman–Crippen MR) is 48.9 cm³/mol. The summed E-state index contributed by atoms with van der Waals surface area (Å²) in [5.74, 6) is 1.43. The van der Waals surface area contributed by atoms with Gasteiger partial charge in [0, 0.05) is 18.1 Å². The van der Waals surface area contributed by atoms with Crippen molar-refractivity contribution in [3.8, 4) is 0 Å². The van der Waals surface area contributed by atoms with Crippen LogP contribution in [0.5, 0.6) is 0 Å². The molecular formula is C10H19NO. The highest BCUT2D eigenvalue weighted by Gasteiger charge is 2.54. The van der Waals surface area contributed by atoms with Crippen LogP contribution in [0.3, 0.4) is 0 Å². The van der Waals surface area contributed by atoms with Crippen molar-refractivity contribution in [2.45, 2.75) is 38.1 Å². The zero-order valence-corrected chi connectivity index (χ0v) is 7.88. The van der Waals surface area contributed by atoms with E-state index < -0.39 is 0 Å². The van der Waals surface area contributed by atoms with E-state index in [0.29, 0.717) is 5.92 Å². The second-order valence-electron chi connectivity index (χ2n) is 4.34. The molecule has 2 aliphatic rings. The molecule has 1 saturated carbocycles. The highest BCUT2D eigenvalue weighted by Crippen LogP contribution is 2.50. The van der Waals surface area contributed by atoms with Gasteiger partial charge in [0.1, 0.15) is 0 Å². The fourth-order valence-corrected chi connectivity index (χ4v) is 2.56. The van der Waals surface area contributed by atoms with Crippen LogP contribution in [0.15, 0.2) is 0 Å². The second-order valence-corrected chi connectivity index (χ2v) is 4.34. The van der Waals surface area contributed by atoms with Gasteiger partial charge in [0.15, 0.2) is 0 Å². The lowest BCUT2D eigenvalue weighted by Crippen LogP contribution is -2.39. The maximum atomic E-state index is 6.30. The van der Waals surface area contributed by atoms with E-state index in [4.69, 9.17) is 10.5 Å². The Morgan fingerprint density at radius 3 is 2.92 bits per heavy atom. The molecule has 0 aromatic carbocycles. The largest absolute Gasteiger partial charge is 0.381 e. The molecule has 2 rings (SSSR count). The number of ether oxygens (including phenoxy) is 1. The van der Waals surface area contributed by atoms with Gasteiger partial charge in [-0.25, -0.2) is 0 Å². The summed E-state index contributed by atoms with van der Waals surface area (Å²) in [6.07, 6.45) is 4.97. The zero-order chi connectivity index (χ0) is 8.60. The highest BCUT2D eigenvalue weighted by molar-refractivity contribution is 5.11. The lowest BCUT2D eigenvalue weighted by molar-refractivity contribution is 0.0382. The third-order valence-electron chi connectivity index (χ3n) is 3.61. The van der Waals surface area contributed by atoms with E-state index in [1.807, 2.05) is 0 Å². The minimum atomic E-state index is 0.162. The molecule has 3 unspecified atom stereocenters. The molecule has 12 heavy (non-hydrogen) atoms. The van der Waals surface area contributed by atoms with Gasteiger partial charge in [-0.15, -0.1) is 0 Å². The summed E-state index contributed by atoms with van der Waals surface area (Å²) < 4.78 is 5.46. The molecule has 0 radical (unpaired) electrons. The summed E-state index contributed by atoms with van der Waals surface area (Å²) in [6, 6.07) is 0. The third kappa shape index (κ3) is 1.27. The van der Waals surface area contributed by atoms with Crippen LogP contribution in [0, 0.1) is 11.8 Å². The number of rotatable bonds is 2. The Hall–Kier alpha value is -0.0800. The Morgan fingerprint density at radius 1 is 1.58 bits per heavy atom. The first kappa shape index (κ1) is 8.52. The fourth-order valence-electron chi connectivity index (χ4n) is 2.56. The standard InChI is InChI=1S/C10H19NO/c1-2-8-6-10(8,11)9-4-3-5-12-7-9/h8-9H,2-7,11H2,1H3. The van der Waals surface area contributed by atoms with Crippen molar-refractivity contribution in [2.24, 2.45) is 17.6 Å². The Morgan fingerprint density at radius 2 is 2.42 bits per heavy atom. The topological polar surface area (TPSA) is 35.2 Å². The van der Waals surface area contributed by atoms with Gasteiger partial charge in [0.2, 0.25) is 0 Å². The molecule has 1 aliphatic heterocycles. The third-order valence-corrected chi connectivity index (χ3v) is 3.61. The molecule has 70 valence electrons. The van der Waals surface area contributed by atoms with Crippen LogP contribution in [0.1, 0.15) is 32.6 Å². The van der Waals surface area contributed by atoms with Gasteiger partial charge in [-0.3, -0.25) is 0 Å². The molecule has 1 aliphatic carbocycles. The smallest absolute Gasteiger partial charge is 0.0511 e. The summed E-state index contributed by atoms with van der Waals surface area (Å²) in [5.41, 5.74) is 6.46. The lowest BCUT2D eigenvalue weighted by atomic mass is 9.90. The molecule has 1 saturated heterocycles. The van der Waals surface area contributed by atoms with Crippen LogP contribution >= 0.6 is 0 Å². The van der Waals surface area contributed by atoms with Crippen LogP contribution in [-0.2, 0) is 4.74 Å². The average molecular weight is 169 g/mol. The van der Waals surface area contributed by atoms with E-state index in [9.17, 15) is 0 Å². The molecule has 2 N–H and O–H groups in total. The summed E-state index contributed by atoms with van der Waals surface area (Å²) in [7, 11) is 0. The minimum absolute atomic E-state index is 0.162. The summed E-state index contributed by atoms with van der Waals surface area (Å²) >= 11 is 0. The molecule has 0 spiro atoms. The molecule has 0 aromatic heterocycles. The van der Waals surface area contributed by atoms with E-state index in [-0.39, 0.29) is 5.54 Å². The van der Waals surface area contributed by atoms with Gasteiger partial charge in [-0.1, -0.05) is 13.3 Å². The Balaban J connectivity index is 1.91. The molecular weight excluding hydrogens is 150 g/mol. The van der Waals surface area contributed by atoms with Crippen molar-refractivity contribution >= 4 is 0 Å². The van der Waals surface area contributed by atoms with Crippen molar-refractivity contribution in [3.63, 3.8) is 0 Å². The van der Waals surface area contributed by atoms with E-state index in [0.717, 1.165) is 19.1 Å². The monoisotopic (exact) mass is 169 g/mol. The molecule has 0 amide bonds.